The molecule has 0 spiro atoms. The third-order valence-corrected chi connectivity index (χ3v) is 12.1. The van der Waals surface area contributed by atoms with E-state index in [2.05, 4.69) is 208 Å². The zero-order valence-corrected chi connectivity index (χ0v) is 31.9. The first kappa shape index (κ1) is 33.2. The lowest BCUT2D eigenvalue weighted by Gasteiger charge is -2.21. The van der Waals surface area contributed by atoms with Crippen LogP contribution in [0.15, 0.2) is 194 Å². The fourth-order valence-corrected chi connectivity index (χ4v) is 9.24. The van der Waals surface area contributed by atoms with Gasteiger partial charge in [-0.15, -0.1) is 0 Å². The van der Waals surface area contributed by atoms with Gasteiger partial charge >= 0.3 is 0 Å². The van der Waals surface area contributed by atoms with E-state index in [1.54, 1.807) is 0 Å². The van der Waals surface area contributed by atoms with Crippen molar-refractivity contribution in [3.8, 4) is 67.3 Å². The number of hydrogen-bond donors (Lipinski definition) is 0. The largest absolute Gasteiger partial charge is 0.228 e. The summed E-state index contributed by atoms with van der Waals surface area (Å²) >= 11 is 0. The minimum atomic E-state index is -0.113. The summed E-state index contributed by atoms with van der Waals surface area (Å²) in [6.07, 6.45) is 0. The first-order valence-corrected chi connectivity index (χ1v) is 19.7. The van der Waals surface area contributed by atoms with Gasteiger partial charge in [0.15, 0.2) is 5.82 Å². The molecule has 0 bridgehead atoms. The smallest absolute Gasteiger partial charge is 0.160 e. The van der Waals surface area contributed by atoms with Gasteiger partial charge in [-0.3, -0.25) is 0 Å². The van der Waals surface area contributed by atoms with Crippen LogP contribution >= 0.6 is 0 Å². The van der Waals surface area contributed by atoms with Gasteiger partial charge in [-0.25, -0.2) is 9.97 Å². The fourth-order valence-electron chi connectivity index (χ4n) is 9.24. The van der Waals surface area contributed by atoms with Crippen molar-refractivity contribution >= 4 is 32.3 Å². The Labute approximate surface area is 332 Å². The Morgan fingerprint density at radius 1 is 0.333 bits per heavy atom. The van der Waals surface area contributed by atoms with E-state index in [0.29, 0.717) is 5.82 Å². The van der Waals surface area contributed by atoms with Gasteiger partial charge in [0, 0.05) is 22.1 Å². The van der Waals surface area contributed by atoms with Gasteiger partial charge in [-0.2, -0.15) is 0 Å². The summed E-state index contributed by atoms with van der Waals surface area (Å²) in [5, 5.41) is 7.52. The molecule has 0 atom stereocenters. The molecule has 1 aliphatic rings. The van der Waals surface area contributed by atoms with Gasteiger partial charge in [0.1, 0.15) is 0 Å². The molecule has 0 aliphatic heterocycles. The quantitative estimate of drug-likeness (QED) is 0.130. The highest BCUT2D eigenvalue weighted by Crippen LogP contribution is 2.52. The van der Waals surface area contributed by atoms with Crippen molar-refractivity contribution in [1.82, 2.24) is 9.97 Å². The summed E-state index contributed by atoms with van der Waals surface area (Å²) in [6, 6.07) is 70.1. The average Bonchev–Trinajstić information content (AvgIpc) is 3.51. The van der Waals surface area contributed by atoms with Crippen molar-refractivity contribution in [3.05, 3.63) is 205 Å². The highest BCUT2D eigenvalue weighted by atomic mass is 14.9. The average molecular weight is 727 g/mol. The molecule has 10 aromatic rings. The van der Waals surface area contributed by atoms with Crippen molar-refractivity contribution in [2.45, 2.75) is 19.3 Å². The number of rotatable bonds is 5. The maximum Gasteiger partial charge on any atom is 0.160 e. The molecule has 268 valence electrons. The predicted molar refractivity (Wildman–Crippen MR) is 239 cm³/mol. The number of hydrogen-bond acceptors (Lipinski definition) is 2. The summed E-state index contributed by atoms with van der Waals surface area (Å²) in [5.41, 5.74) is 14.8. The van der Waals surface area contributed by atoms with Gasteiger partial charge in [-0.05, 0) is 95.0 Å². The second-order valence-corrected chi connectivity index (χ2v) is 15.7. The van der Waals surface area contributed by atoms with Gasteiger partial charge < -0.3 is 0 Å². The van der Waals surface area contributed by atoms with E-state index in [4.69, 9.17) is 9.97 Å². The molecule has 9 aromatic carbocycles. The maximum absolute atomic E-state index is 5.40. The number of fused-ring (bicyclic) bond motifs is 7. The second kappa shape index (κ2) is 13.0. The molecule has 1 aromatic heterocycles. The van der Waals surface area contributed by atoms with Crippen LogP contribution < -0.4 is 0 Å². The van der Waals surface area contributed by atoms with Gasteiger partial charge in [0.05, 0.1) is 11.4 Å². The maximum atomic E-state index is 5.40. The van der Waals surface area contributed by atoms with Gasteiger partial charge in [-0.1, -0.05) is 190 Å². The molecular formula is C55H38N2. The SMILES string of the molecule is CC1(C)c2ccccc2-c2c(-c3cc(-c4cccc(-c5ccccc5)c4)nc(-c4ccc(-c5c6ccccc6cc6c5ccc5ccccc56)cc4)n3)cccc21. The molecule has 2 heteroatoms. The first-order chi connectivity index (χ1) is 28.0. The highest BCUT2D eigenvalue weighted by molar-refractivity contribution is 6.20. The summed E-state index contributed by atoms with van der Waals surface area (Å²) in [6.45, 7) is 4.66. The molecule has 2 nitrogen and oxygen atoms in total. The van der Waals surface area contributed by atoms with Crippen LogP contribution in [-0.4, -0.2) is 9.97 Å². The Bertz CT molecular complexity index is 3190. The van der Waals surface area contributed by atoms with Crippen LogP contribution in [0.3, 0.4) is 0 Å². The molecule has 0 radical (unpaired) electrons. The Morgan fingerprint density at radius 3 is 1.82 bits per heavy atom. The Kier molecular flexibility index (Phi) is 7.55. The molecule has 0 fully saturated rings. The third kappa shape index (κ3) is 5.40. The second-order valence-electron chi connectivity index (χ2n) is 15.7. The van der Waals surface area contributed by atoms with Crippen molar-refractivity contribution in [2.75, 3.05) is 0 Å². The van der Waals surface area contributed by atoms with Crippen molar-refractivity contribution in [1.29, 1.82) is 0 Å². The van der Waals surface area contributed by atoms with E-state index in [9.17, 15) is 0 Å². The van der Waals surface area contributed by atoms with E-state index in [1.165, 1.54) is 71.3 Å². The van der Waals surface area contributed by atoms with Crippen LogP contribution in [0.4, 0.5) is 0 Å². The van der Waals surface area contributed by atoms with Crippen LogP contribution in [0.1, 0.15) is 25.0 Å². The lowest BCUT2D eigenvalue weighted by atomic mass is 9.82. The highest BCUT2D eigenvalue weighted by Gasteiger charge is 2.36. The normalized spacial score (nSPS) is 12.9. The van der Waals surface area contributed by atoms with Crippen LogP contribution in [0.5, 0.6) is 0 Å². The van der Waals surface area contributed by atoms with E-state index in [0.717, 1.165) is 33.6 Å². The van der Waals surface area contributed by atoms with Crippen LogP contribution in [0.2, 0.25) is 0 Å². The monoisotopic (exact) mass is 726 g/mol. The molecule has 0 saturated heterocycles. The number of benzene rings is 9. The standard InChI is InChI=1S/C55H38N2/c1-55(2)48-24-11-10-22-45(48)53-46(23-13-25-49(53)55)51-34-50(41-19-12-18-39(32-41)35-14-4-3-5-15-35)56-54(57-51)38-28-26-37(27-29-38)52-43-21-9-7-17-40(43)33-47-42-20-8-6-16-36(42)30-31-44(47)52/h3-34H,1-2H3. The molecule has 0 unspecified atom stereocenters. The Morgan fingerprint density at radius 2 is 0.965 bits per heavy atom. The summed E-state index contributed by atoms with van der Waals surface area (Å²) in [4.78, 5) is 10.7. The Hall–Kier alpha value is -7.16. The van der Waals surface area contributed by atoms with E-state index in [1.807, 2.05) is 0 Å². The molecule has 57 heavy (non-hydrogen) atoms. The predicted octanol–water partition coefficient (Wildman–Crippen LogP) is 14.6. The van der Waals surface area contributed by atoms with E-state index < -0.39 is 0 Å². The topological polar surface area (TPSA) is 25.8 Å². The van der Waals surface area contributed by atoms with E-state index in [-0.39, 0.29) is 5.41 Å². The van der Waals surface area contributed by atoms with Crippen LogP contribution in [0, 0.1) is 0 Å². The lowest BCUT2D eigenvalue weighted by Crippen LogP contribution is -2.14. The summed E-state index contributed by atoms with van der Waals surface area (Å²) in [7, 11) is 0. The summed E-state index contributed by atoms with van der Waals surface area (Å²) < 4.78 is 0. The van der Waals surface area contributed by atoms with Crippen molar-refractivity contribution < 1.29 is 0 Å². The van der Waals surface area contributed by atoms with E-state index >= 15 is 0 Å². The summed E-state index contributed by atoms with van der Waals surface area (Å²) in [5.74, 6) is 0.705. The van der Waals surface area contributed by atoms with Crippen LogP contribution in [0.25, 0.3) is 99.6 Å². The van der Waals surface area contributed by atoms with Crippen molar-refractivity contribution in [2.24, 2.45) is 0 Å². The molecule has 1 heterocycles. The van der Waals surface area contributed by atoms with Gasteiger partial charge in [0.2, 0.25) is 0 Å². The zero-order valence-electron chi connectivity index (χ0n) is 31.9. The Balaban J connectivity index is 1.10. The molecule has 0 saturated carbocycles. The first-order valence-electron chi connectivity index (χ1n) is 19.7. The minimum Gasteiger partial charge on any atom is -0.228 e. The molecule has 0 N–H and O–H groups in total. The molecule has 0 amide bonds. The molecular weight excluding hydrogens is 689 g/mol. The third-order valence-electron chi connectivity index (χ3n) is 12.1. The van der Waals surface area contributed by atoms with Crippen LogP contribution in [-0.2, 0) is 5.41 Å². The molecule has 11 rings (SSSR count). The molecule has 1 aliphatic carbocycles. The minimum absolute atomic E-state index is 0.113. The number of nitrogens with zero attached hydrogens (tertiary/aromatic N) is 2. The van der Waals surface area contributed by atoms with Gasteiger partial charge in [0.25, 0.3) is 0 Å². The zero-order chi connectivity index (χ0) is 38.1. The van der Waals surface area contributed by atoms with Crippen molar-refractivity contribution in [3.63, 3.8) is 0 Å². The fraction of sp³-hybridized carbons (Fsp3) is 0.0545. The lowest BCUT2D eigenvalue weighted by molar-refractivity contribution is 0.660. The number of aromatic nitrogens is 2.